The molecule has 0 radical (unpaired) electrons. The maximum absolute atomic E-state index is 14.9. The second kappa shape index (κ2) is 10.1. The van der Waals surface area contributed by atoms with Gasteiger partial charge in [-0.15, -0.1) is 0 Å². The van der Waals surface area contributed by atoms with Gasteiger partial charge >= 0.3 is 0 Å². The highest BCUT2D eigenvalue weighted by Gasteiger charge is 2.26. The molecule has 4 heterocycles. The van der Waals surface area contributed by atoms with Crippen LogP contribution in [0.3, 0.4) is 0 Å². The zero-order valence-corrected chi connectivity index (χ0v) is 20.9. The summed E-state index contributed by atoms with van der Waals surface area (Å²) in [5.41, 5.74) is 2.67. The number of hydrogen-bond acceptors (Lipinski definition) is 5. The van der Waals surface area contributed by atoms with E-state index >= 15 is 0 Å². The predicted octanol–water partition coefficient (Wildman–Crippen LogP) is 5.57. The minimum atomic E-state index is -0.553. The number of nitrogens with zero attached hydrogens (tertiary/aromatic N) is 4. The second-order valence-corrected chi connectivity index (χ2v) is 10.0. The average Bonchev–Trinajstić information content (AvgIpc) is 2.85. The van der Waals surface area contributed by atoms with Gasteiger partial charge in [0.25, 0.3) is 0 Å². The van der Waals surface area contributed by atoms with E-state index in [0.29, 0.717) is 41.4 Å². The van der Waals surface area contributed by atoms with Crippen LogP contribution in [0.25, 0.3) is 11.3 Å². The summed E-state index contributed by atoms with van der Waals surface area (Å²) in [5.74, 6) is -1.20. The normalized spacial score (nSPS) is 16.8. The summed E-state index contributed by atoms with van der Waals surface area (Å²) < 4.78 is 50.2. The first-order valence-electron chi connectivity index (χ1n) is 12.5. The smallest absolute Gasteiger partial charge is 0.216 e. The third-order valence-electron chi connectivity index (χ3n) is 7.17. The van der Waals surface area contributed by atoms with Crippen molar-refractivity contribution in [3.05, 3.63) is 70.9 Å². The maximum atomic E-state index is 14.9. The van der Waals surface area contributed by atoms with Gasteiger partial charge in [0, 0.05) is 35.0 Å². The Hall–Kier alpha value is -3.13. The van der Waals surface area contributed by atoms with Gasteiger partial charge in [-0.05, 0) is 83.1 Å². The number of fused-ring (bicyclic) bond motifs is 1. The van der Waals surface area contributed by atoms with Crippen molar-refractivity contribution >= 4 is 5.69 Å². The topological polar surface area (TPSA) is 41.5 Å². The van der Waals surface area contributed by atoms with Crippen LogP contribution in [-0.4, -0.2) is 54.2 Å². The number of pyridine rings is 2. The molecule has 0 bridgehead atoms. The number of ether oxygens (including phenoxy) is 1. The van der Waals surface area contributed by atoms with Gasteiger partial charge in [-0.25, -0.2) is 18.7 Å². The first kappa shape index (κ1) is 24.6. The van der Waals surface area contributed by atoms with E-state index < -0.39 is 17.6 Å². The largest absolute Gasteiger partial charge is 0.486 e. The Morgan fingerprint density at radius 3 is 2.39 bits per heavy atom. The molecule has 5 rings (SSSR count). The van der Waals surface area contributed by atoms with Crippen LogP contribution >= 0.6 is 0 Å². The van der Waals surface area contributed by atoms with Gasteiger partial charge in [0.1, 0.15) is 18.1 Å². The van der Waals surface area contributed by atoms with Crippen LogP contribution in [0.2, 0.25) is 0 Å². The van der Waals surface area contributed by atoms with Crippen molar-refractivity contribution in [3.63, 3.8) is 0 Å². The summed E-state index contributed by atoms with van der Waals surface area (Å²) in [6.45, 7) is 6.93. The van der Waals surface area contributed by atoms with Crippen molar-refractivity contribution in [1.82, 2.24) is 14.9 Å². The van der Waals surface area contributed by atoms with E-state index in [-0.39, 0.29) is 29.8 Å². The minimum Gasteiger partial charge on any atom is -0.486 e. The zero-order valence-electron chi connectivity index (χ0n) is 20.9. The fourth-order valence-corrected chi connectivity index (χ4v) is 5.15. The summed E-state index contributed by atoms with van der Waals surface area (Å²) in [4.78, 5) is 12.9. The van der Waals surface area contributed by atoms with Crippen LogP contribution in [0, 0.1) is 17.6 Å². The lowest BCUT2D eigenvalue weighted by Crippen LogP contribution is -2.38. The van der Waals surface area contributed by atoms with E-state index in [4.69, 9.17) is 4.74 Å². The first-order valence-corrected chi connectivity index (χ1v) is 12.5. The average molecular weight is 497 g/mol. The van der Waals surface area contributed by atoms with Gasteiger partial charge in [-0.1, -0.05) is 6.07 Å². The first-order chi connectivity index (χ1) is 17.3. The number of benzene rings is 1. The summed E-state index contributed by atoms with van der Waals surface area (Å²) in [5, 5.41) is 0. The van der Waals surface area contributed by atoms with Crippen molar-refractivity contribution in [2.75, 3.05) is 38.2 Å². The number of likely N-dealkylation sites (tertiary alicyclic amines) is 1. The molecular weight excluding hydrogens is 465 g/mol. The molecule has 2 aromatic heterocycles. The van der Waals surface area contributed by atoms with Crippen LogP contribution < -0.4 is 9.64 Å². The lowest BCUT2D eigenvalue weighted by molar-refractivity contribution is 0.252. The third-order valence-corrected chi connectivity index (χ3v) is 7.17. The highest BCUT2D eigenvalue weighted by Crippen LogP contribution is 2.39. The molecule has 0 unspecified atom stereocenters. The van der Waals surface area contributed by atoms with Gasteiger partial charge in [-0.3, -0.25) is 0 Å². The summed E-state index contributed by atoms with van der Waals surface area (Å²) >= 11 is 0. The third kappa shape index (κ3) is 4.91. The molecule has 2 aliphatic rings. The Kier molecular flexibility index (Phi) is 6.88. The van der Waals surface area contributed by atoms with Crippen molar-refractivity contribution in [1.29, 1.82) is 0 Å². The molecule has 0 spiro atoms. The lowest BCUT2D eigenvalue weighted by atomic mass is 9.90. The van der Waals surface area contributed by atoms with Crippen LogP contribution in [0.5, 0.6) is 5.75 Å². The Labute approximate surface area is 209 Å². The molecule has 1 aromatic carbocycles. The quantitative estimate of drug-likeness (QED) is 0.432. The molecule has 2 aliphatic heterocycles. The summed E-state index contributed by atoms with van der Waals surface area (Å²) in [6, 6.07) is 9.61. The molecular formula is C28H31F3N4O. The van der Waals surface area contributed by atoms with Crippen LogP contribution in [-0.2, 0) is 6.42 Å². The van der Waals surface area contributed by atoms with E-state index in [1.807, 2.05) is 30.9 Å². The molecule has 0 saturated carbocycles. The fourth-order valence-electron chi connectivity index (χ4n) is 5.15. The molecule has 1 saturated heterocycles. The molecule has 1 fully saturated rings. The summed E-state index contributed by atoms with van der Waals surface area (Å²) in [7, 11) is 2.07. The molecule has 190 valence electrons. The van der Waals surface area contributed by atoms with E-state index in [2.05, 4.69) is 21.9 Å². The number of hydrogen-bond donors (Lipinski definition) is 0. The molecule has 5 nitrogen and oxygen atoms in total. The van der Waals surface area contributed by atoms with Crippen molar-refractivity contribution < 1.29 is 17.9 Å². The fraction of sp³-hybridized carbons (Fsp3) is 0.429. The second-order valence-electron chi connectivity index (χ2n) is 10.0. The standard InChI is InChI=1S/C28H31F3N4O/c1-17(2)35-12-13-36-27-24(30)14-19(15-25(27)35)26-23(29)7-5-20(32-26)16-21-4-6-22(28(31)33-21)18-8-10-34(3)11-9-18/h4-7,14-15,17-18H,8-13,16H2,1-3H3. The van der Waals surface area contributed by atoms with Gasteiger partial charge < -0.3 is 14.5 Å². The molecule has 3 aromatic rings. The molecule has 0 N–H and O–H groups in total. The number of halogens is 3. The molecule has 0 atom stereocenters. The van der Waals surface area contributed by atoms with E-state index in [1.54, 1.807) is 12.1 Å². The number of anilines is 1. The zero-order chi connectivity index (χ0) is 25.4. The van der Waals surface area contributed by atoms with Crippen LogP contribution in [0.4, 0.5) is 18.9 Å². The highest BCUT2D eigenvalue weighted by molar-refractivity contribution is 5.72. The van der Waals surface area contributed by atoms with Crippen molar-refractivity contribution in [3.8, 4) is 17.0 Å². The van der Waals surface area contributed by atoms with E-state index in [9.17, 15) is 13.2 Å². The number of piperidine rings is 1. The Morgan fingerprint density at radius 1 is 0.944 bits per heavy atom. The van der Waals surface area contributed by atoms with Crippen molar-refractivity contribution in [2.24, 2.45) is 0 Å². The molecule has 36 heavy (non-hydrogen) atoms. The summed E-state index contributed by atoms with van der Waals surface area (Å²) in [6.07, 6.45) is 2.06. The minimum absolute atomic E-state index is 0.0481. The highest BCUT2D eigenvalue weighted by atomic mass is 19.1. The Morgan fingerprint density at radius 2 is 1.67 bits per heavy atom. The van der Waals surface area contributed by atoms with E-state index in [0.717, 1.165) is 25.9 Å². The van der Waals surface area contributed by atoms with E-state index in [1.165, 1.54) is 12.1 Å². The number of aromatic nitrogens is 2. The van der Waals surface area contributed by atoms with Crippen molar-refractivity contribution in [2.45, 2.75) is 45.1 Å². The SMILES string of the molecule is CC(C)N1CCOc2c(F)cc(-c3nc(Cc4ccc(C5CCN(C)CC5)c(F)n4)ccc3F)cc21. The molecule has 8 heteroatoms. The predicted molar refractivity (Wildman–Crippen MR) is 134 cm³/mol. The van der Waals surface area contributed by atoms with Gasteiger partial charge in [0.05, 0.1) is 12.2 Å². The Balaban J connectivity index is 1.41. The van der Waals surface area contributed by atoms with Crippen LogP contribution in [0.15, 0.2) is 36.4 Å². The number of rotatable bonds is 5. The molecule has 0 aliphatic carbocycles. The lowest BCUT2D eigenvalue weighted by Gasteiger charge is -2.34. The monoisotopic (exact) mass is 496 g/mol. The van der Waals surface area contributed by atoms with Gasteiger partial charge in [-0.2, -0.15) is 4.39 Å². The van der Waals surface area contributed by atoms with Crippen LogP contribution in [0.1, 0.15) is 49.6 Å². The molecule has 0 amide bonds. The van der Waals surface area contributed by atoms with Gasteiger partial charge in [0.15, 0.2) is 11.6 Å². The Bertz CT molecular complexity index is 1260. The maximum Gasteiger partial charge on any atom is 0.216 e. The van der Waals surface area contributed by atoms with Gasteiger partial charge in [0.2, 0.25) is 5.95 Å².